The van der Waals surface area contributed by atoms with Crippen LogP contribution in [0.5, 0.6) is 5.75 Å². The van der Waals surface area contributed by atoms with Gasteiger partial charge in [0, 0.05) is 11.1 Å². The van der Waals surface area contributed by atoms with Crippen LogP contribution in [0.2, 0.25) is 0 Å². The van der Waals surface area contributed by atoms with Gasteiger partial charge in [0.15, 0.2) is 11.6 Å². The molecule has 2 heterocycles. The first kappa shape index (κ1) is 17.5. The third kappa shape index (κ3) is 2.91. The number of rotatable bonds is 4. The molecule has 0 aliphatic carbocycles. The third-order valence-corrected chi connectivity index (χ3v) is 6.10. The lowest BCUT2D eigenvalue weighted by Gasteiger charge is -2.05. The van der Waals surface area contributed by atoms with Gasteiger partial charge >= 0.3 is 5.97 Å². The average molecular weight is 379 g/mol. The molecule has 0 saturated carbocycles. The van der Waals surface area contributed by atoms with Gasteiger partial charge in [0.1, 0.15) is 0 Å². The summed E-state index contributed by atoms with van der Waals surface area (Å²) >= 11 is 2.83. The summed E-state index contributed by atoms with van der Waals surface area (Å²) < 4.78 is 16.7. The van der Waals surface area contributed by atoms with Crippen molar-refractivity contribution in [2.24, 2.45) is 0 Å². The van der Waals surface area contributed by atoms with Crippen LogP contribution in [-0.4, -0.2) is 32.9 Å². The molecule has 25 heavy (non-hydrogen) atoms. The summed E-state index contributed by atoms with van der Waals surface area (Å²) in [6, 6.07) is 6.10. The number of carboxylic acids is 1. The van der Waals surface area contributed by atoms with E-state index >= 15 is 0 Å². The largest absolute Gasteiger partial charge is 0.505 e. The summed E-state index contributed by atoms with van der Waals surface area (Å²) in [4.78, 5) is 24.6. The van der Waals surface area contributed by atoms with E-state index in [1.807, 2.05) is 12.3 Å². The van der Waals surface area contributed by atoms with Gasteiger partial charge in [-0.25, -0.2) is 4.39 Å². The number of carboxylic acid groups (broad SMARTS) is 1. The van der Waals surface area contributed by atoms with Gasteiger partial charge in [0.25, 0.3) is 5.91 Å². The maximum absolute atomic E-state index is 14.5. The number of thioether (sulfide) groups is 1. The third-order valence-electron chi connectivity index (χ3n) is 3.94. The number of nitrogens with zero attached hydrogens (tertiary/aromatic N) is 1. The van der Waals surface area contributed by atoms with Gasteiger partial charge in [-0.3, -0.25) is 14.2 Å². The molecule has 0 saturated heterocycles. The molecule has 0 aliphatic rings. The van der Waals surface area contributed by atoms with Crippen molar-refractivity contribution in [2.45, 2.75) is 17.6 Å². The summed E-state index contributed by atoms with van der Waals surface area (Å²) in [6.07, 6.45) is 1.46. The van der Waals surface area contributed by atoms with Gasteiger partial charge in [-0.1, -0.05) is 0 Å². The van der Waals surface area contributed by atoms with Crippen LogP contribution in [0.25, 0.3) is 10.9 Å². The molecule has 5 nitrogen and oxygen atoms in total. The second kappa shape index (κ2) is 6.53. The Bertz CT molecular complexity index is 1010. The number of hydrogen-bond donors (Lipinski definition) is 2. The van der Waals surface area contributed by atoms with E-state index in [-0.39, 0.29) is 22.4 Å². The van der Waals surface area contributed by atoms with Crippen molar-refractivity contribution in [3.63, 3.8) is 0 Å². The highest BCUT2D eigenvalue weighted by molar-refractivity contribution is 8.00. The average Bonchev–Trinajstić information content (AvgIpc) is 3.14. The Balaban J connectivity index is 2.28. The van der Waals surface area contributed by atoms with E-state index in [0.717, 1.165) is 10.3 Å². The fourth-order valence-corrected chi connectivity index (χ4v) is 4.28. The molecule has 0 unspecified atom stereocenters. The zero-order valence-corrected chi connectivity index (χ0v) is 15.0. The highest BCUT2D eigenvalue weighted by Gasteiger charge is 2.25. The topological polar surface area (TPSA) is 79.5 Å². The number of hydrogen-bond acceptors (Lipinski definition) is 5. The zero-order valence-electron chi connectivity index (χ0n) is 13.4. The summed E-state index contributed by atoms with van der Waals surface area (Å²) in [5.74, 6) is -2.99. The first-order chi connectivity index (χ1) is 11.8. The number of benzene rings is 1. The van der Waals surface area contributed by atoms with E-state index in [4.69, 9.17) is 5.11 Å². The minimum Gasteiger partial charge on any atom is -0.505 e. The molecule has 0 spiro atoms. The summed E-state index contributed by atoms with van der Waals surface area (Å²) in [6.45, 7) is 1.58. The number of phenols is 1. The fourth-order valence-electron chi connectivity index (χ4n) is 2.81. The molecule has 130 valence electrons. The van der Waals surface area contributed by atoms with Crippen molar-refractivity contribution < 1.29 is 24.2 Å². The fraction of sp³-hybridized carbons (Fsp3) is 0.176. The molecule has 0 fully saturated rings. The minimum atomic E-state index is -1.14. The van der Waals surface area contributed by atoms with Crippen LogP contribution in [-0.2, 0) is 11.2 Å². The van der Waals surface area contributed by atoms with Crippen molar-refractivity contribution in [3.8, 4) is 5.75 Å². The second-order valence-electron chi connectivity index (χ2n) is 5.39. The first-order valence-corrected chi connectivity index (χ1v) is 9.31. The van der Waals surface area contributed by atoms with Crippen molar-refractivity contribution >= 4 is 45.9 Å². The van der Waals surface area contributed by atoms with E-state index in [1.165, 1.54) is 33.7 Å². The maximum Gasteiger partial charge on any atom is 0.307 e. The Morgan fingerprint density at radius 3 is 2.60 bits per heavy atom. The van der Waals surface area contributed by atoms with Crippen molar-refractivity contribution in [2.75, 3.05) is 6.26 Å². The predicted molar refractivity (Wildman–Crippen MR) is 95.5 cm³/mol. The number of phenolic OH excluding ortho intramolecular Hbond substituents is 1. The molecule has 0 bridgehead atoms. The number of aliphatic carboxylic acids is 1. The van der Waals surface area contributed by atoms with Gasteiger partial charge in [0.2, 0.25) is 0 Å². The van der Waals surface area contributed by atoms with Crippen molar-refractivity contribution in [3.05, 3.63) is 46.2 Å². The second-order valence-corrected chi connectivity index (χ2v) is 7.58. The molecule has 3 aromatic rings. The number of aromatic hydroxyl groups is 1. The van der Waals surface area contributed by atoms with Gasteiger partial charge in [-0.15, -0.1) is 23.1 Å². The Labute approximate surface area is 150 Å². The Morgan fingerprint density at radius 1 is 1.28 bits per heavy atom. The molecular formula is C17H14FNO4S2. The van der Waals surface area contributed by atoms with Crippen molar-refractivity contribution in [1.82, 2.24) is 4.57 Å². The van der Waals surface area contributed by atoms with Gasteiger partial charge in [0.05, 0.1) is 21.0 Å². The summed E-state index contributed by atoms with van der Waals surface area (Å²) in [5.41, 5.74) is 0.782. The van der Waals surface area contributed by atoms with E-state index in [1.54, 1.807) is 13.0 Å². The van der Waals surface area contributed by atoms with E-state index < -0.39 is 24.0 Å². The Morgan fingerprint density at radius 2 is 2.00 bits per heavy atom. The summed E-state index contributed by atoms with van der Waals surface area (Å²) in [7, 11) is 0. The van der Waals surface area contributed by atoms with Crippen LogP contribution < -0.4 is 0 Å². The number of aromatic nitrogens is 1. The van der Waals surface area contributed by atoms with Crippen molar-refractivity contribution in [1.29, 1.82) is 0 Å². The van der Waals surface area contributed by atoms with Gasteiger partial charge < -0.3 is 10.2 Å². The lowest BCUT2D eigenvalue weighted by Crippen LogP contribution is -2.12. The monoisotopic (exact) mass is 379 g/mol. The van der Waals surface area contributed by atoms with Gasteiger partial charge in [-0.2, -0.15) is 0 Å². The lowest BCUT2D eigenvalue weighted by molar-refractivity contribution is -0.136. The maximum atomic E-state index is 14.5. The molecular weight excluding hydrogens is 365 g/mol. The van der Waals surface area contributed by atoms with Crippen LogP contribution in [0.3, 0.4) is 0 Å². The normalized spacial score (nSPS) is 11.2. The minimum absolute atomic E-state index is 0.0325. The Hall–Kier alpha value is -2.32. The Kier molecular flexibility index (Phi) is 4.57. The SMILES string of the molecule is CSc1ccc(C(=O)n2c(C)c(CC(=O)O)c3c(F)c(O)ccc32)s1. The molecule has 0 aliphatic heterocycles. The summed E-state index contributed by atoms with van der Waals surface area (Å²) in [5, 5.41) is 18.7. The molecule has 3 rings (SSSR count). The van der Waals surface area contributed by atoms with E-state index in [9.17, 15) is 19.1 Å². The van der Waals surface area contributed by atoms with Crippen LogP contribution in [0.1, 0.15) is 20.9 Å². The predicted octanol–water partition coefficient (Wildman–Crippen LogP) is 3.89. The number of halogens is 1. The molecule has 2 N–H and O–H groups in total. The highest BCUT2D eigenvalue weighted by atomic mass is 32.2. The number of carbonyl (C=O) groups excluding carboxylic acids is 1. The lowest BCUT2D eigenvalue weighted by atomic mass is 10.1. The first-order valence-electron chi connectivity index (χ1n) is 7.26. The van der Waals surface area contributed by atoms with Crippen LogP contribution in [0, 0.1) is 12.7 Å². The van der Waals surface area contributed by atoms with Crippen LogP contribution in [0.4, 0.5) is 4.39 Å². The highest BCUT2D eigenvalue weighted by Crippen LogP contribution is 2.34. The van der Waals surface area contributed by atoms with E-state index in [0.29, 0.717) is 10.6 Å². The molecule has 0 amide bonds. The molecule has 8 heteroatoms. The standard InChI is InChI=1S/C17H14FNO4S2/c1-8-9(7-13(21)22)15-10(3-4-11(20)16(15)18)19(8)17(23)12-5-6-14(24-2)25-12/h3-6,20H,7H2,1-2H3,(H,21,22). The van der Waals surface area contributed by atoms with E-state index in [2.05, 4.69) is 0 Å². The van der Waals surface area contributed by atoms with Crippen LogP contribution >= 0.6 is 23.1 Å². The molecule has 0 atom stereocenters. The molecule has 2 aromatic heterocycles. The smallest absolute Gasteiger partial charge is 0.307 e. The van der Waals surface area contributed by atoms with Gasteiger partial charge in [-0.05, 0) is 43.0 Å². The number of fused-ring (bicyclic) bond motifs is 1. The number of carbonyl (C=O) groups is 2. The van der Waals surface area contributed by atoms with Crippen LogP contribution in [0.15, 0.2) is 28.5 Å². The quantitative estimate of drug-likeness (QED) is 0.672. The molecule has 1 aromatic carbocycles. The zero-order chi connectivity index (χ0) is 18.3. The molecule has 0 radical (unpaired) electrons. The number of thiophene rings is 1.